The van der Waals surface area contributed by atoms with Crippen molar-refractivity contribution in [2.24, 2.45) is 0 Å². The molecule has 1 saturated heterocycles. The zero-order valence-electron chi connectivity index (χ0n) is 21.2. The Morgan fingerprint density at radius 2 is 1.53 bits per heavy atom. The van der Waals surface area contributed by atoms with Gasteiger partial charge in [0.1, 0.15) is 0 Å². The molecule has 0 bridgehead atoms. The molecule has 3 aromatic carbocycles. The highest BCUT2D eigenvalue weighted by molar-refractivity contribution is 7.93. The molecule has 1 fully saturated rings. The Hall–Kier alpha value is -3.21. The van der Waals surface area contributed by atoms with Crippen LogP contribution in [0.1, 0.15) is 41.3 Å². The lowest BCUT2D eigenvalue weighted by Crippen LogP contribution is -2.35. The Balaban J connectivity index is 1.21. The third-order valence-corrected chi connectivity index (χ3v) is 11.0. The lowest BCUT2D eigenvalue weighted by atomic mass is 10.1. The summed E-state index contributed by atoms with van der Waals surface area (Å²) in [6.45, 7) is 3.39. The average Bonchev–Trinajstić information content (AvgIpc) is 3.57. The van der Waals surface area contributed by atoms with Gasteiger partial charge in [-0.25, -0.2) is 16.8 Å². The molecule has 2 aliphatic heterocycles. The number of carbonyl (C=O) groups excluding carboxylic acids is 1. The molecule has 2 heterocycles. The van der Waals surface area contributed by atoms with Gasteiger partial charge in [0.25, 0.3) is 15.9 Å². The van der Waals surface area contributed by atoms with E-state index in [1.54, 1.807) is 72.8 Å². The van der Waals surface area contributed by atoms with E-state index in [-0.39, 0.29) is 16.8 Å². The SMILES string of the molecule is C[C@@H]1Cc2cc(C(=O)NCCc3ccc(S(=O)(=O)N4CCCC4)cc3)ccc2N1S(=O)(=O)c1ccccc1. The van der Waals surface area contributed by atoms with Crippen molar-refractivity contribution in [2.75, 3.05) is 23.9 Å². The molecular weight excluding hydrogens is 522 g/mol. The minimum absolute atomic E-state index is 0.238. The first-order valence-electron chi connectivity index (χ1n) is 12.8. The van der Waals surface area contributed by atoms with Gasteiger partial charge in [0.15, 0.2) is 0 Å². The molecule has 1 N–H and O–H groups in total. The lowest BCUT2D eigenvalue weighted by molar-refractivity contribution is 0.0954. The van der Waals surface area contributed by atoms with E-state index in [1.807, 2.05) is 6.92 Å². The number of benzene rings is 3. The quantitative estimate of drug-likeness (QED) is 0.459. The predicted octanol–water partition coefficient (Wildman–Crippen LogP) is 3.58. The van der Waals surface area contributed by atoms with Crippen molar-refractivity contribution in [1.29, 1.82) is 0 Å². The maximum Gasteiger partial charge on any atom is 0.264 e. The van der Waals surface area contributed by atoms with Crippen LogP contribution in [0.3, 0.4) is 0 Å². The molecule has 1 amide bonds. The zero-order chi connectivity index (χ0) is 26.9. The first-order valence-corrected chi connectivity index (χ1v) is 15.7. The average molecular weight is 554 g/mol. The highest BCUT2D eigenvalue weighted by Gasteiger charge is 2.36. The van der Waals surface area contributed by atoms with Gasteiger partial charge in [-0.2, -0.15) is 4.31 Å². The molecule has 3 aromatic rings. The van der Waals surface area contributed by atoms with E-state index in [0.717, 1.165) is 24.0 Å². The number of amides is 1. The summed E-state index contributed by atoms with van der Waals surface area (Å²) in [5, 5.41) is 2.91. The summed E-state index contributed by atoms with van der Waals surface area (Å²) in [5.74, 6) is -0.238. The molecule has 0 radical (unpaired) electrons. The van der Waals surface area contributed by atoms with Gasteiger partial charge in [0.2, 0.25) is 10.0 Å². The maximum atomic E-state index is 13.3. The molecule has 10 heteroatoms. The lowest BCUT2D eigenvalue weighted by Gasteiger charge is -2.24. The second-order valence-electron chi connectivity index (χ2n) is 9.77. The third-order valence-electron chi connectivity index (χ3n) is 7.12. The van der Waals surface area contributed by atoms with Crippen molar-refractivity contribution in [3.8, 4) is 0 Å². The second-order valence-corrected chi connectivity index (χ2v) is 13.5. The maximum absolute atomic E-state index is 13.3. The minimum atomic E-state index is -3.70. The number of rotatable bonds is 8. The van der Waals surface area contributed by atoms with Gasteiger partial charge >= 0.3 is 0 Å². The van der Waals surface area contributed by atoms with Crippen LogP contribution in [0, 0.1) is 0 Å². The molecule has 8 nitrogen and oxygen atoms in total. The standard InChI is InChI=1S/C28H31N3O5S2/c1-21-19-24-20-23(11-14-27(24)31(21)38(35,36)25-7-3-2-4-8-25)28(32)29-16-15-22-9-12-26(13-10-22)37(33,34)30-17-5-6-18-30/h2-4,7-14,20-21H,5-6,15-19H2,1H3,(H,29,32)/t21-/m1/s1. The van der Waals surface area contributed by atoms with Crippen molar-refractivity contribution >= 4 is 31.6 Å². The topological polar surface area (TPSA) is 104 Å². The van der Waals surface area contributed by atoms with Gasteiger partial charge in [-0.05, 0) is 86.2 Å². The summed E-state index contributed by atoms with van der Waals surface area (Å²) in [4.78, 5) is 13.4. The summed E-state index contributed by atoms with van der Waals surface area (Å²) in [5.41, 5.74) is 2.82. The van der Waals surface area contributed by atoms with Crippen LogP contribution in [-0.4, -0.2) is 52.7 Å². The van der Waals surface area contributed by atoms with E-state index in [1.165, 1.54) is 8.61 Å². The van der Waals surface area contributed by atoms with Gasteiger partial charge in [0.05, 0.1) is 15.5 Å². The van der Waals surface area contributed by atoms with Crippen LogP contribution in [0.4, 0.5) is 5.69 Å². The van der Waals surface area contributed by atoms with Crippen molar-refractivity contribution < 1.29 is 21.6 Å². The third kappa shape index (κ3) is 5.08. The Kier molecular flexibility index (Phi) is 7.30. The smallest absolute Gasteiger partial charge is 0.264 e. The summed E-state index contributed by atoms with van der Waals surface area (Å²) in [7, 11) is -7.15. The van der Waals surface area contributed by atoms with Crippen LogP contribution in [0.2, 0.25) is 0 Å². The summed E-state index contributed by atoms with van der Waals surface area (Å²) in [6.07, 6.45) is 2.87. The Labute approximate surface area is 224 Å². The molecule has 0 unspecified atom stereocenters. The monoisotopic (exact) mass is 553 g/mol. The van der Waals surface area contributed by atoms with Gasteiger partial charge in [0, 0.05) is 31.2 Å². The van der Waals surface area contributed by atoms with Gasteiger partial charge < -0.3 is 5.32 Å². The number of nitrogens with one attached hydrogen (secondary N) is 1. The molecule has 0 aromatic heterocycles. The number of hydrogen-bond donors (Lipinski definition) is 1. The minimum Gasteiger partial charge on any atom is -0.352 e. The fourth-order valence-electron chi connectivity index (χ4n) is 5.14. The first kappa shape index (κ1) is 26.4. The number of hydrogen-bond acceptors (Lipinski definition) is 5. The molecule has 38 heavy (non-hydrogen) atoms. The highest BCUT2D eigenvalue weighted by atomic mass is 32.2. The normalized spacial score (nSPS) is 17.9. The number of nitrogens with zero attached hydrogens (tertiary/aromatic N) is 2. The Morgan fingerprint density at radius 3 is 2.21 bits per heavy atom. The summed E-state index contributed by atoms with van der Waals surface area (Å²) >= 11 is 0. The van der Waals surface area contributed by atoms with Crippen LogP contribution in [-0.2, 0) is 32.9 Å². The number of sulfonamides is 2. The molecule has 200 valence electrons. The van der Waals surface area contributed by atoms with E-state index in [9.17, 15) is 21.6 Å². The van der Waals surface area contributed by atoms with Gasteiger partial charge in [-0.3, -0.25) is 9.10 Å². The van der Waals surface area contributed by atoms with Crippen molar-refractivity contribution in [1.82, 2.24) is 9.62 Å². The fraction of sp³-hybridized carbons (Fsp3) is 0.321. The fourth-order valence-corrected chi connectivity index (χ4v) is 8.37. The van der Waals surface area contributed by atoms with Crippen molar-refractivity contribution in [2.45, 2.75) is 48.4 Å². The molecule has 0 aliphatic carbocycles. The number of carbonyl (C=O) groups is 1. The van der Waals surface area contributed by atoms with E-state index >= 15 is 0 Å². The van der Waals surface area contributed by atoms with Crippen LogP contribution < -0.4 is 9.62 Å². The van der Waals surface area contributed by atoms with Crippen LogP contribution in [0.5, 0.6) is 0 Å². The first-order chi connectivity index (χ1) is 18.2. The van der Waals surface area contributed by atoms with Crippen molar-refractivity contribution in [3.63, 3.8) is 0 Å². The van der Waals surface area contributed by atoms with Crippen LogP contribution in [0.25, 0.3) is 0 Å². The second kappa shape index (κ2) is 10.5. The molecule has 0 saturated carbocycles. The zero-order valence-corrected chi connectivity index (χ0v) is 22.8. The van der Waals surface area contributed by atoms with Crippen LogP contribution >= 0.6 is 0 Å². The van der Waals surface area contributed by atoms with E-state index in [0.29, 0.717) is 48.6 Å². The Bertz CT molecular complexity index is 1530. The van der Waals surface area contributed by atoms with E-state index in [2.05, 4.69) is 5.32 Å². The summed E-state index contributed by atoms with van der Waals surface area (Å²) in [6, 6.07) is 20.0. The van der Waals surface area contributed by atoms with Gasteiger partial charge in [-0.1, -0.05) is 30.3 Å². The van der Waals surface area contributed by atoms with Crippen molar-refractivity contribution in [3.05, 3.63) is 89.5 Å². The van der Waals surface area contributed by atoms with Crippen LogP contribution in [0.15, 0.2) is 82.6 Å². The molecular formula is C28H31N3O5S2. The number of fused-ring (bicyclic) bond motifs is 1. The predicted molar refractivity (Wildman–Crippen MR) is 146 cm³/mol. The van der Waals surface area contributed by atoms with E-state index in [4.69, 9.17) is 0 Å². The summed E-state index contributed by atoms with van der Waals surface area (Å²) < 4.78 is 54.8. The molecule has 0 spiro atoms. The van der Waals surface area contributed by atoms with E-state index < -0.39 is 20.0 Å². The van der Waals surface area contributed by atoms with Gasteiger partial charge in [-0.15, -0.1) is 0 Å². The number of anilines is 1. The molecule has 1 atom stereocenters. The Morgan fingerprint density at radius 1 is 0.868 bits per heavy atom. The molecule has 5 rings (SSSR count). The largest absolute Gasteiger partial charge is 0.352 e. The highest BCUT2D eigenvalue weighted by Crippen LogP contribution is 2.37. The molecule has 2 aliphatic rings.